The van der Waals surface area contributed by atoms with Crippen LogP contribution >= 0.6 is 0 Å². The van der Waals surface area contributed by atoms with Crippen molar-refractivity contribution in [1.29, 1.82) is 0 Å². The minimum atomic E-state index is -1.00. The number of ether oxygens (including phenoxy) is 4. The summed E-state index contributed by atoms with van der Waals surface area (Å²) in [5, 5.41) is 9.26. The Morgan fingerprint density at radius 3 is 2.18 bits per heavy atom. The molecular formula is C29H32FNO7. The highest BCUT2D eigenvalue weighted by molar-refractivity contribution is 5.72. The Morgan fingerprint density at radius 1 is 0.868 bits per heavy atom. The third kappa shape index (κ3) is 9.84. The van der Waals surface area contributed by atoms with Gasteiger partial charge in [0.15, 0.2) is 6.10 Å². The zero-order valence-electron chi connectivity index (χ0n) is 21.3. The molecule has 0 saturated heterocycles. The molecule has 1 atom stereocenters. The molecule has 0 aliphatic rings. The molecule has 8 nitrogen and oxygen atoms in total. The molecule has 9 heteroatoms. The van der Waals surface area contributed by atoms with Gasteiger partial charge < -0.3 is 29.0 Å². The van der Waals surface area contributed by atoms with Crippen molar-refractivity contribution in [2.45, 2.75) is 26.1 Å². The lowest BCUT2D eigenvalue weighted by atomic mass is 10.1. The maximum atomic E-state index is 13.1. The maximum Gasteiger partial charge on any atom is 0.415 e. The van der Waals surface area contributed by atoms with Crippen molar-refractivity contribution in [1.82, 2.24) is 4.90 Å². The van der Waals surface area contributed by atoms with E-state index in [1.165, 1.54) is 17.0 Å². The van der Waals surface area contributed by atoms with Gasteiger partial charge in [0.05, 0.1) is 19.8 Å². The number of para-hydroxylation sites is 1. The fourth-order valence-electron chi connectivity index (χ4n) is 3.52. The van der Waals surface area contributed by atoms with Gasteiger partial charge in [-0.2, -0.15) is 0 Å². The van der Waals surface area contributed by atoms with Crippen LogP contribution in [0.4, 0.5) is 9.18 Å². The molecule has 1 unspecified atom stereocenters. The van der Waals surface area contributed by atoms with Crippen molar-refractivity contribution in [2.24, 2.45) is 0 Å². The number of benzene rings is 3. The van der Waals surface area contributed by atoms with Crippen LogP contribution in [0.3, 0.4) is 0 Å². The Morgan fingerprint density at radius 2 is 1.53 bits per heavy atom. The monoisotopic (exact) mass is 525 g/mol. The third-order valence-corrected chi connectivity index (χ3v) is 5.51. The average molecular weight is 526 g/mol. The highest BCUT2D eigenvalue weighted by Crippen LogP contribution is 2.15. The molecule has 0 heterocycles. The van der Waals surface area contributed by atoms with E-state index in [0.29, 0.717) is 18.1 Å². The number of halogens is 1. The molecule has 1 N–H and O–H groups in total. The first-order valence-electron chi connectivity index (χ1n) is 12.3. The SMILES string of the molecule is CCOC(Cc1ccc(OCCN(CCOCc2ccc(F)cc2)C(=O)Oc2ccccc2)cc1)C(=O)O. The summed E-state index contributed by atoms with van der Waals surface area (Å²) in [5.41, 5.74) is 1.64. The molecule has 0 aliphatic carbocycles. The van der Waals surface area contributed by atoms with E-state index in [4.69, 9.17) is 18.9 Å². The second kappa shape index (κ2) is 15.3. The molecule has 1 amide bonds. The number of carbonyl (C=O) groups is 2. The Balaban J connectivity index is 1.51. The van der Waals surface area contributed by atoms with Gasteiger partial charge in [0.1, 0.15) is 23.9 Å². The molecule has 3 aromatic carbocycles. The quantitative estimate of drug-likeness (QED) is 0.281. The van der Waals surface area contributed by atoms with E-state index in [2.05, 4.69) is 0 Å². The van der Waals surface area contributed by atoms with Crippen LogP contribution in [0.1, 0.15) is 18.1 Å². The van der Waals surface area contributed by atoms with Gasteiger partial charge in [0.2, 0.25) is 0 Å². The normalized spacial score (nSPS) is 11.5. The lowest BCUT2D eigenvalue weighted by molar-refractivity contribution is -0.149. The summed E-state index contributed by atoms with van der Waals surface area (Å²) in [6.45, 7) is 3.33. The van der Waals surface area contributed by atoms with Crippen LogP contribution in [0, 0.1) is 5.82 Å². The summed E-state index contributed by atoms with van der Waals surface area (Å²) in [6.07, 6.45) is -1.18. The maximum absolute atomic E-state index is 13.1. The minimum absolute atomic E-state index is 0.206. The average Bonchev–Trinajstić information content (AvgIpc) is 2.92. The van der Waals surface area contributed by atoms with E-state index in [0.717, 1.165) is 11.1 Å². The second-order valence-corrected chi connectivity index (χ2v) is 8.33. The van der Waals surface area contributed by atoms with Crippen molar-refractivity contribution < 1.29 is 38.0 Å². The van der Waals surface area contributed by atoms with E-state index >= 15 is 0 Å². The van der Waals surface area contributed by atoms with E-state index in [1.54, 1.807) is 67.6 Å². The third-order valence-electron chi connectivity index (χ3n) is 5.51. The standard InChI is InChI=1S/C29H32FNO7/c1-2-36-27(28(32)33)20-22-10-14-25(15-11-22)37-19-17-31(29(34)38-26-6-4-3-5-7-26)16-18-35-21-23-8-12-24(30)13-9-23/h3-15,27H,2,16-21H2,1H3,(H,32,33). The number of hydrogen-bond acceptors (Lipinski definition) is 6. The molecule has 0 bridgehead atoms. The Kier molecular flexibility index (Phi) is 11.5. The number of amides is 1. The summed E-state index contributed by atoms with van der Waals surface area (Å²) in [7, 11) is 0. The molecule has 0 spiro atoms. The van der Waals surface area contributed by atoms with Gasteiger partial charge in [0.25, 0.3) is 0 Å². The first kappa shape index (κ1) is 28.6. The Labute approximate surface area is 221 Å². The zero-order valence-corrected chi connectivity index (χ0v) is 21.3. The van der Waals surface area contributed by atoms with Crippen LogP contribution in [0.2, 0.25) is 0 Å². The lowest BCUT2D eigenvalue weighted by Gasteiger charge is -2.22. The van der Waals surface area contributed by atoms with Crippen LogP contribution in [-0.4, -0.2) is 61.1 Å². The number of carboxylic acids is 1. The Hall–Kier alpha value is -3.95. The number of nitrogens with zero attached hydrogens (tertiary/aromatic N) is 1. The molecule has 0 fully saturated rings. The van der Waals surface area contributed by atoms with E-state index in [-0.39, 0.29) is 45.1 Å². The lowest BCUT2D eigenvalue weighted by Crippen LogP contribution is -2.39. The van der Waals surface area contributed by atoms with Crippen molar-refractivity contribution in [2.75, 3.05) is 32.9 Å². The number of aliphatic carboxylic acids is 1. The molecule has 0 aliphatic heterocycles. The predicted molar refractivity (Wildman–Crippen MR) is 139 cm³/mol. The molecule has 38 heavy (non-hydrogen) atoms. The number of rotatable bonds is 15. The van der Waals surface area contributed by atoms with E-state index in [9.17, 15) is 19.1 Å². The largest absolute Gasteiger partial charge is 0.492 e. The van der Waals surface area contributed by atoms with Gasteiger partial charge in [-0.05, 0) is 54.4 Å². The molecule has 0 aromatic heterocycles. The van der Waals surface area contributed by atoms with Crippen LogP contribution in [-0.2, 0) is 27.3 Å². The molecule has 202 valence electrons. The van der Waals surface area contributed by atoms with E-state index in [1.807, 2.05) is 6.07 Å². The molecule has 0 saturated carbocycles. The highest BCUT2D eigenvalue weighted by Gasteiger charge is 2.18. The molecule has 0 radical (unpaired) electrons. The van der Waals surface area contributed by atoms with Crippen LogP contribution in [0.15, 0.2) is 78.9 Å². The van der Waals surface area contributed by atoms with Crippen LogP contribution < -0.4 is 9.47 Å². The van der Waals surface area contributed by atoms with Gasteiger partial charge in [-0.3, -0.25) is 0 Å². The van der Waals surface area contributed by atoms with Crippen molar-refractivity contribution in [3.8, 4) is 11.5 Å². The molecule has 3 rings (SSSR count). The van der Waals surface area contributed by atoms with E-state index < -0.39 is 18.2 Å². The number of carbonyl (C=O) groups excluding carboxylic acids is 1. The van der Waals surface area contributed by atoms with Crippen molar-refractivity contribution >= 4 is 12.1 Å². The van der Waals surface area contributed by atoms with Gasteiger partial charge in [0, 0.05) is 19.6 Å². The van der Waals surface area contributed by atoms with Gasteiger partial charge in [-0.25, -0.2) is 14.0 Å². The van der Waals surface area contributed by atoms with Gasteiger partial charge in [-0.1, -0.05) is 42.5 Å². The first-order valence-corrected chi connectivity index (χ1v) is 12.3. The Bertz CT molecular complexity index is 1120. The van der Waals surface area contributed by atoms with Gasteiger partial charge in [-0.15, -0.1) is 0 Å². The highest BCUT2D eigenvalue weighted by atomic mass is 19.1. The number of carboxylic acid groups (broad SMARTS) is 1. The summed E-state index contributed by atoms with van der Waals surface area (Å²) < 4.78 is 35.3. The summed E-state index contributed by atoms with van der Waals surface area (Å²) in [5.74, 6) is -0.302. The molecular weight excluding hydrogens is 493 g/mol. The number of hydrogen-bond donors (Lipinski definition) is 1. The fraction of sp³-hybridized carbons (Fsp3) is 0.310. The smallest absolute Gasteiger partial charge is 0.415 e. The minimum Gasteiger partial charge on any atom is -0.492 e. The second-order valence-electron chi connectivity index (χ2n) is 8.33. The summed E-state index contributed by atoms with van der Waals surface area (Å²) >= 11 is 0. The van der Waals surface area contributed by atoms with Crippen molar-refractivity contribution in [3.63, 3.8) is 0 Å². The summed E-state index contributed by atoms with van der Waals surface area (Å²) in [6, 6.07) is 21.9. The predicted octanol–water partition coefficient (Wildman–Crippen LogP) is 4.95. The first-order chi connectivity index (χ1) is 18.4. The van der Waals surface area contributed by atoms with Gasteiger partial charge >= 0.3 is 12.1 Å². The fourth-order valence-corrected chi connectivity index (χ4v) is 3.52. The zero-order chi connectivity index (χ0) is 27.2. The summed E-state index contributed by atoms with van der Waals surface area (Å²) in [4.78, 5) is 25.6. The van der Waals surface area contributed by atoms with Crippen LogP contribution in [0.25, 0.3) is 0 Å². The van der Waals surface area contributed by atoms with Crippen LogP contribution in [0.5, 0.6) is 11.5 Å². The topological polar surface area (TPSA) is 94.5 Å². The van der Waals surface area contributed by atoms with Crippen molar-refractivity contribution in [3.05, 3.63) is 95.8 Å². The molecule has 3 aromatic rings.